The van der Waals surface area contributed by atoms with Crippen molar-refractivity contribution >= 4 is 11.7 Å². The second-order valence-electron chi connectivity index (χ2n) is 9.33. The monoisotopic (exact) mass is 497 g/mol. The van der Waals surface area contributed by atoms with Crippen LogP contribution in [0.15, 0.2) is 65.3 Å². The molecule has 2 aromatic carbocycles. The van der Waals surface area contributed by atoms with E-state index in [0.29, 0.717) is 31.3 Å². The number of nitrogens with zero attached hydrogens (tertiary/aromatic N) is 4. The van der Waals surface area contributed by atoms with Crippen molar-refractivity contribution in [1.29, 1.82) is 0 Å². The lowest BCUT2D eigenvalue weighted by molar-refractivity contribution is -0.125. The molecule has 9 heteroatoms. The Morgan fingerprint density at radius 1 is 1.05 bits per heavy atom. The number of carbonyl (C=O) groups is 1. The molecule has 1 N–H and O–H groups in total. The number of pyridine rings is 1. The summed E-state index contributed by atoms with van der Waals surface area (Å²) in [6.07, 6.45) is 3.24. The number of nitrogens with one attached hydrogen (secondary N) is 1. The number of fused-ring (bicyclic) bond motifs is 1. The van der Waals surface area contributed by atoms with Gasteiger partial charge in [-0.25, -0.2) is 4.98 Å². The van der Waals surface area contributed by atoms with Gasteiger partial charge in [0.2, 0.25) is 18.5 Å². The van der Waals surface area contributed by atoms with Gasteiger partial charge in [-0.1, -0.05) is 35.0 Å². The van der Waals surface area contributed by atoms with Crippen LogP contribution in [-0.2, 0) is 11.3 Å². The molecule has 1 saturated heterocycles. The number of carbonyl (C=O) groups excluding carboxylic acids is 1. The highest BCUT2D eigenvalue weighted by Gasteiger charge is 2.28. The third-order valence-electron chi connectivity index (χ3n) is 6.79. The number of ether oxygens (including phenoxy) is 2. The van der Waals surface area contributed by atoms with Crippen molar-refractivity contribution in [2.75, 3.05) is 24.8 Å². The Morgan fingerprint density at radius 2 is 1.92 bits per heavy atom. The molecule has 0 unspecified atom stereocenters. The maximum atomic E-state index is 12.9. The summed E-state index contributed by atoms with van der Waals surface area (Å²) in [6.45, 7) is 4.16. The fourth-order valence-electron chi connectivity index (χ4n) is 4.79. The summed E-state index contributed by atoms with van der Waals surface area (Å²) in [7, 11) is 0. The molecule has 0 bridgehead atoms. The number of rotatable bonds is 6. The second-order valence-corrected chi connectivity index (χ2v) is 9.33. The van der Waals surface area contributed by atoms with Gasteiger partial charge in [-0.15, -0.1) is 0 Å². The molecule has 0 radical (unpaired) electrons. The summed E-state index contributed by atoms with van der Waals surface area (Å²) in [5.74, 6) is 3.25. The molecule has 0 saturated carbocycles. The fourth-order valence-corrected chi connectivity index (χ4v) is 4.79. The number of piperidine rings is 1. The highest BCUT2D eigenvalue weighted by Crippen LogP contribution is 2.33. The molecule has 0 aliphatic carbocycles. The van der Waals surface area contributed by atoms with Crippen LogP contribution < -0.4 is 19.7 Å². The van der Waals surface area contributed by atoms with Crippen LogP contribution in [0.2, 0.25) is 0 Å². The van der Waals surface area contributed by atoms with E-state index >= 15 is 0 Å². The minimum Gasteiger partial charge on any atom is -0.454 e. The first-order valence-electron chi connectivity index (χ1n) is 12.4. The van der Waals surface area contributed by atoms with Gasteiger partial charge in [-0.2, -0.15) is 4.98 Å². The van der Waals surface area contributed by atoms with Gasteiger partial charge in [0.1, 0.15) is 5.82 Å². The van der Waals surface area contributed by atoms with E-state index in [9.17, 15) is 4.79 Å². The van der Waals surface area contributed by atoms with Crippen molar-refractivity contribution in [2.45, 2.75) is 26.3 Å². The number of anilines is 1. The molecule has 2 aromatic heterocycles. The minimum atomic E-state index is -0.0475. The van der Waals surface area contributed by atoms with Crippen molar-refractivity contribution in [2.24, 2.45) is 5.92 Å². The van der Waals surface area contributed by atoms with Crippen molar-refractivity contribution in [3.05, 3.63) is 71.9 Å². The van der Waals surface area contributed by atoms with Crippen LogP contribution in [0.1, 0.15) is 24.0 Å². The summed E-state index contributed by atoms with van der Waals surface area (Å²) in [4.78, 5) is 24.3. The number of aromatic nitrogens is 3. The molecule has 2 aliphatic rings. The standard InChI is InChI=1S/C28H27N5O4/c1-18-4-2-5-21(14-18)25-31-28(37-32-25)22-6-3-11-29-26(22)33-12-9-20(10-13-33)27(34)30-16-19-7-8-23-24(15-19)36-17-35-23/h2-8,11,14-15,20H,9-10,12-13,16-17H2,1H3,(H,30,34). The zero-order chi connectivity index (χ0) is 25.2. The highest BCUT2D eigenvalue weighted by atomic mass is 16.7. The van der Waals surface area contributed by atoms with E-state index in [1.54, 1.807) is 6.20 Å². The Morgan fingerprint density at radius 3 is 2.78 bits per heavy atom. The summed E-state index contributed by atoms with van der Waals surface area (Å²) in [5.41, 5.74) is 3.82. The van der Waals surface area contributed by atoms with Crippen molar-refractivity contribution in [1.82, 2.24) is 20.4 Å². The number of amides is 1. The van der Waals surface area contributed by atoms with Gasteiger partial charge in [0.05, 0.1) is 5.56 Å². The predicted molar refractivity (Wildman–Crippen MR) is 137 cm³/mol. The maximum absolute atomic E-state index is 12.9. The van der Waals surface area contributed by atoms with Gasteiger partial charge < -0.3 is 24.2 Å². The maximum Gasteiger partial charge on any atom is 0.261 e. The quantitative estimate of drug-likeness (QED) is 0.419. The number of hydrogen-bond acceptors (Lipinski definition) is 8. The summed E-state index contributed by atoms with van der Waals surface area (Å²) in [5, 5.41) is 7.26. The van der Waals surface area contributed by atoms with Crippen LogP contribution in [0.5, 0.6) is 11.5 Å². The van der Waals surface area contributed by atoms with E-state index in [-0.39, 0.29) is 18.6 Å². The van der Waals surface area contributed by atoms with Crippen LogP contribution in [0.3, 0.4) is 0 Å². The predicted octanol–water partition coefficient (Wildman–Crippen LogP) is 4.37. The molecule has 1 amide bonds. The molecule has 2 aliphatic heterocycles. The molecule has 9 nitrogen and oxygen atoms in total. The van der Waals surface area contributed by atoms with Gasteiger partial charge >= 0.3 is 0 Å². The zero-order valence-corrected chi connectivity index (χ0v) is 20.5. The Kier molecular flexibility index (Phi) is 6.18. The first kappa shape index (κ1) is 23.0. The molecular weight excluding hydrogens is 470 g/mol. The summed E-state index contributed by atoms with van der Waals surface area (Å²) in [6, 6.07) is 17.5. The van der Waals surface area contributed by atoms with Gasteiger partial charge in [0, 0.05) is 37.3 Å². The van der Waals surface area contributed by atoms with Crippen LogP contribution in [0, 0.1) is 12.8 Å². The molecule has 37 heavy (non-hydrogen) atoms. The van der Waals surface area contributed by atoms with Crippen LogP contribution in [0.4, 0.5) is 5.82 Å². The average Bonchev–Trinajstić information content (AvgIpc) is 3.62. The van der Waals surface area contributed by atoms with Crippen molar-refractivity contribution in [3.63, 3.8) is 0 Å². The number of aryl methyl sites for hydroxylation is 1. The first-order valence-corrected chi connectivity index (χ1v) is 12.4. The van der Waals surface area contributed by atoms with Gasteiger partial charge in [-0.3, -0.25) is 4.79 Å². The van der Waals surface area contributed by atoms with Crippen molar-refractivity contribution in [3.8, 4) is 34.3 Å². The minimum absolute atomic E-state index is 0.0475. The number of benzene rings is 2. The Balaban J connectivity index is 1.09. The van der Waals surface area contributed by atoms with E-state index in [2.05, 4.69) is 25.3 Å². The third-order valence-corrected chi connectivity index (χ3v) is 6.79. The van der Waals surface area contributed by atoms with E-state index in [0.717, 1.165) is 52.4 Å². The largest absolute Gasteiger partial charge is 0.454 e. The third kappa shape index (κ3) is 4.84. The summed E-state index contributed by atoms with van der Waals surface area (Å²) >= 11 is 0. The molecule has 4 heterocycles. The molecular formula is C28H27N5O4. The lowest BCUT2D eigenvalue weighted by atomic mass is 9.95. The van der Waals surface area contributed by atoms with Crippen LogP contribution in [0.25, 0.3) is 22.8 Å². The lowest BCUT2D eigenvalue weighted by Gasteiger charge is -2.32. The SMILES string of the molecule is Cc1cccc(-c2noc(-c3cccnc3N3CCC(C(=O)NCc4ccc5c(c4)OCO5)CC3)n2)c1. The molecule has 6 rings (SSSR count). The molecule has 0 spiro atoms. The van der Waals surface area contributed by atoms with Gasteiger partial charge in [0.15, 0.2) is 11.5 Å². The Hall–Kier alpha value is -4.40. The zero-order valence-electron chi connectivity index (χ0n) is 20.5. The molecule has 1 fully saturated rings. The normalized spacial score (nSPS) is 15.1. The van der Waals surface area contributed by atoms with Crippen molar-refractivity contribution < 1.29 is 18.8 Å². The van der Waals surface area contributed by atoms with Crippen LogP contribution in [-0.4, -0.2) is 40.9 Å². The van der Waals surface area contributed by atoms with E-state index < -0.39 is 0 Å². The van der Waals surface area contributed by atoms with Gasteiger partial charge in [-0.05, 0) is 55.7 Å². The first-order chi connectivity index (χ1) is 18.1. The number of hydrogen-bond donors (Lipinski definition) is 1. The highest BCUT2D eigenvalue weighted by molar-refractivity contribution is 5.79. The summed E-state index contributed by atoms with van der Waals surface area (Å²) < 4.78 is 16.4. The van der Waals surface area contributed by atoms with Crippen LogP contribution >= 0.6 is 0 Å². The van der Waals surface area contributed by atoms with Gasteiger partial charge in [0.25, 0.3) is 5.89 Å². The van der Waals surface area contributed by atoms with E-state index in [4.69, 9.17) is 14.0 Å². The average molecular weight is 498 g/mol. The Bertz CT molecular complexity index is 1430. The lowest BCUT2D eigenvalue weighted by Crippen LogP contribution is -2.40. The fraction of sp³-hybridized carbons (Fsp3) is 0.286. The molecule has 188 valence electrons. The van der Waals surface area contributed by atoms with E-state index in [1.165, 1.54) is 0 Å². The molecule has 0 atom stereocenters. The van der Waals surface area contributed by atoms with E-state index in [1.807, 2.05) is 61.5 Å². The topological polar surface area (TPSA) is 103 Å². The second kappa shape index (κ2) is 9.93. The molecule has 4 aromatic rings. The smallest absolute Gasteiger partial charge is 0.261 e. The Labute approximate surface area is 214 Å².